The molecule has 0 spiro atoms. The average Bonchev–Trinajstić information content (AvgIpc) is 2.91. The van der Waals surface area contributed by atoms with Gasteiger partial charge in [0.2, 0.25) is 0 Å². The van der Waals surface area contributed by atoms with Crippen LogP contribution in [0.1, 0.15) is 142 Å². The van der Waals surface area contributed by atoms with Crippen LogP contribution in [0.4, 0.5) is 0 Å². The number of allylic oxidation sites excluding steroid dienone is 12. The maximum Gasteiger partial charge on any atom is -0.00489 e. The van der Waals surface area contributed by atoms with E-state index in [4.69, 9.17) is 0 Å². The zero-order valence-corrected chi connectivity index (χ0v) is 25.0. The van der Waals surface area contributed by atoms with E-state index in [9.17, 15) is 0 Å². The Hall–Kier alpha value is -1.60. The first-order chi connectivity index (χ1) is 18.4. The van der Waals surface area contributed by atoms with Gasteiger partial charge in [-0.25, -0.2) is 0 Å². The molecule has 0 radical (unpaired) electrons. The lowest BCUT2D eigenvalue weighted by atomic mass is 10.1. The minimum absolute atomic E-state index is 1.08. The van der Waals surface area contributed by atoms with Crippen molar-refractivity contribution in [2.45, 2.75) is 142 Å². The third-order valence-corrected chi connectivity index (χ3v) is 6.51. The molecule has 0 unspecified atom stereocenters. The number of unbranched alkanes of at least 4 members (excludes halogenated alkanes) is 12. The molecule has 0 heterocycles. The van der Waals surface area contributed by atoms with Crippen LogP contribution in [-0.2, 0) is 0 Å². The Kier molecular flexibility index (Phi) is 32.9. The molecular formula is C36H63N. The van der Waals surface area contributed by atoms with E-state index in [-0.39, 0.29) is 0 Å². The number of hydrogen-bond donors (Lipinski definition) is 1. The fraction of sp³-hybridized carbons (Fsp3) is 0.667. The molecule has 1 nitrogen and oxygen atoms in total. The van der Waals surface area contributed by atoms with Crippen molar-refractivity contribution in [2.75, 3.05) is 13.1 Å². The van der Waals surface area contributed by atoms with Crippen molar-refractivity contribution < 1.29 is 0 Å². The van der Waals surface area contributed by atoms with Crippen molar-refractivity contribution >= 4 is 0 Å². The summed E-state index contributed by atoms with van der Waals surface area (Å²) in [5.41, 5.74) is 0. The highest BCUT2D eigenvalue weighted by molar-refractivity contribution is 4.97. The monoisotopic (exact) mass is 509 g/mol. The van der Waals surface area contributed by atoms with E-state index in [0.29, 0.717) is 0 Å². The second kappa shape index (κ2) is 34.4. The second-order valence-electron chi connectivity index (χ2n) is 10.2. The number of hydrogen-bond acceptors (Lipinski definition) is 1. The second-order valence-corrected chi connectivity index (χ2v) is 10.2. The number of nitrogens with one attached hydrogen (secondary N) is 1. The molecule has 0 aliphatic heterocycles. The molecule has 0 amide bonds. The average molecular weight is 510 g/mol. The fourth-order valence-corrected chi connectivity index (χ4v) is 4.22. The van der Waals surface area contributed by atoms with Crippen LogP contribution >= 0.6 is 0 Å². The number of rotatable bonds is 28. The van der Waals surface area contributed by atoms with Gasteiger partial charge in [-0.3, -0.25) is 0 Å². The summed E-state index contributed by atoms with van der Waals surface area (Å²) in [6.45, 7) is 6.78. The minimum Gasteiger partial charge on any atom is -0.317 e. The minimum atomic E-state index is 1.08. The maximum atomic E-state index is 3.65. The summed E-state index contributed by atoms with van der Waals surface area (Å²) in [4.78, 5) is 0. The first kappa shape index (κ1) is 35.4. The van der Waals surface area contributed by atoms with Crippen molar-refractivity contribution in [3.05, 3.63) is 72.9 Å². The van der Waals surface area contributed by atoms with Gasteiger partial charge in [-0.15, -0.1) is 0 Å². The van der Waals surface area contributed by atoms with Crippen LogP contribution in [0.3, 0.4) is 0 Å². The van der Waals surface area contributed by atoms with Crippen LogP contribution in [0.2, 0.25) is 0 Å². The predicted molar refractivity (Wildman–Crippen MR) is 171 cm³/mol. The summed E-state index contributed by atoms with van der Waals surface area (Å²) in [6.07, 6.45) is 53.1. The molecule has 0 aliphatic rings. The predicted octanol–water partition coefficient (Wildman–Crippen LogP) is 11.8. The Labute approximate surface area is 233 Å². The van der Waals surface area contributed by atoms with Crippen LogP contribution < -0.4 is 5.32 Å². The van der Waals surface area contributed by atoms with Gasteiger partial charge in [0.1, 0.15) is 0 Å². The van der Waals surface area contributed by atoms with E-state index >= 15 is 0 Å². The van der Waals surface area contributed by atoms with Gasteiger partial charge < -0.3 is 5.32 Å². The van der Waals surface area contributed by atoms with E-state index in [1.807, 2.05) is 0 Å². The fourth-order valence-electron chi connectivity index (χ4n) is 4.22. The summed E-state index contributed by atoms with van der Waals surface area (Å²) < 4.78 is 0. The third kappa shape index (κ3) is 34.4. The zero-order valence-electron chi connectivity index (χ0n) is 25.0. The molecule has 0 atom stereocenters. The summed E-state index contributed by atoms with van der Waals surface area (Å²) in [5, 5.41) is 3.65. The van der Waals surface area contributed by atoms with Gasteiger partial charge in [-0.2, -0.15) is 0 Å². The first-order valence-electron chi connectivity index (χ1n) is 16.0. The van der Waals surface area contributed by atoms with E-state index < -0.39 is 0 Å². The molecule has 0 rings (SSSR count). The van der Waals surface area contributed by atoms with Crippen LogP contribution in [0, 0.1) is 0 Å². The molecule has 0 bridgehead atoms. The van der Waals surface area contributed by atoms with Gasteiger partial charge in [0, 0.05) is 0 Å². The Morgan fingerprint density at radius 1 is 0.324 bits per heavy atom. The molecule has 37 heavy (non-hydrogen) atoms. The van der Waals surface area contributed by atoms with Gasteiger partial charge in [0.25, 0.3) is 0 Å². The molecular weight excluding hydrogens is 446 g/mol. The molecule has 1 N–H and O–H groups in total. The molecule has 0 fully saturated rings. The topological polar surface area (TPSA) is 12.0 Å². The Balaban J connectivity index is 3.19. The third-order valence-electron chi connectivity index (χ3n) is 6.51. The van der Waals surface area contributed by atoms with E-state index in [2.05, 4.69) is 92.1 Å². The highest BCUT2D eigenvalue weighted by Crippen LogP contribution is 2.09. The van der Waals surface area contributed by atoms with Crippen LogP contribution in [0.5, 0.6) is 0 Å². The summed E-state index contributed by atoms with van der Waals surface area (Å²) in [7, 11) is 0. The molecule has 1 heteroatoms. The van der Waals surface area contributed by atoms with Crippen LogP contribution in [0.15, 0.2) is 72.9 Å². The summed E-state index contributed by atoms with van der Waals surface area (Å²) in [5.74, 6) is 0. The van der Waals surface area contributed by atoms with Gasteiger partial charge in [-0.1, -0.05) is 138 Å². The Morgan fingerprint density at radius 2 is 0.622 bits per heavy atom. The van der Waals surface area contributed by atoms with Gasteiger partial charge in [-0.05, 0) is 90.1 Å². The van der Waals surface area contributed by atoms with Crippen molar-refractivity contribution in [1.29, 1.82) is 0 Å². The standard InChI is InChI=1S/C36H63N/c1-3-5-7-9-11-13-15-17-19-21-23-25-27-29-31-33-35-37-36-34-32-30-28-26-24-22-20-18-16-14-12-10-8-6-4-2/h5-8,11-14,17-20,37H,3-4,9-10,15-16,21-36H2,1-2H3/b7-5-,8-6-,13-11-,14-12-,19-17-,20-18-. The van der Waals surface area contributed by atoms with Gasteiger partial charge in [0.15, 0.2) is 0 Å². The first-order valence-corrected chi connectivity index (χ1v) is 16.0. The van der Waals surface area contributed by atoms with Crippen LogP contribution in [0.25, 0.3) is 0 Å². The normalized spacial score (nSPS) is 12.8. The lowest BCUT2D eigenvalue weighted by Gasteiger charge is -2.05. The van der Waals surface area contributed by atoms with Crippen LogP contribution in [-0.4, -0.2) is 13.1 Å². The van der Waals surface area contributed by atoms with E-state index in [1.165, 1.54) is 103 Å². The maximum absolute atomic E-state index is 3.65. The molecule has 0 aliphatic carbocycles. The lowest BCUT2D eigenvalue weighted by molar-refractivity contribution is 0.540. The smallest absolute Gasteiger partial charge is 0.00489 e. The highest BCUT2D eigenvalue weighted by atomic mass is 14.8. The lowest BCUT2D eigenvalue weighted by Crippen LogP contribution is -2.16. The van der Waals surface area contributed by atoms with Gasteiger partial charge >= 0.3 is 0 Å². The summed E-state index contributed by atoms with van der Waals surface area (Å²) >= 11 is 0. The van der Waals surface area contributed by atoms with Crippen molar-refractivity contribution in [2.24, 2.45) is 0 Å². The SMILES string of the molecule is CC/C=C\C/C=C\C/C=C\CCCCCCCCNCCCCCCCC/C=C\C/C=C\C/C=C\CC. The van der Waals surface area contributed by atoms with Gasteiger partial charge in [0.05, 0.1) is 0 Å². The zero-order chi connectivity index (χ0) is 26.7. The molecule has 0 saturated heterocycles. The molecule has 0 aromatic heterocycles. The van der Waals surface area contributed by atoms with E-state index in [1.54, 1.807) is 0 Å². The molecule has 0 aromatic carbocycles. The Morgan fingerprint density at radius 3 is 1.00 bits per heavy atom. The van der Waals surface area contributed by atoms with E-state index in [0.717, 1.165) is 38.5 Å². The Bertz CT molecular complexity index is 538. The quantitative estimate of drug-likeness (QED) is 0.0816. The molecule has 0 aromatic rings. The molecule has 0 saturated carbocycles. The van der Waals surface area contributed by atoms with Crippen molar-refractivity contribution in [1.82, 2.24) is 5.32 Å². The largest absolute Gasteiger partial charge is 0.317 e. The summed E-state index contributed by atoms with van der Waals surface area (Å²) in [6, 6.07) is 0. The van der Waals surface area contributed by atoms with Crippen molar-refractivity contribution in [3.8, 4) is 0 Å². The molecule has 212 valence electrons. The van der Waals surface area contributed by atoms with Crippen molar-refractivity contribution in [3.63, 3.8) is 0 Å². The highest BCUT2D eigenvalue weighted by Gasteiger charge is 1.93.